The first-order valence-electron chi connectivity index (χ1n) is 5.36. The molecule has 0 aromatic heterocycles. The van der Waals surface area contributed by atoms with Crippen molar-refractivity contribution in [1.29, 1.82) is 5.26 Å². The number of aliphatic hydroxyl groups excluding tert-OH is 1. The standard InChI is InChI=1S/C13H12BrNO2/c1-8-6-12(16)17-13(11(8)7-15)9-2-4-10(14)5-3-9/h2-5,8,12,16H,6H2,1H3/t8-,12?/m1/s1. The summed E-state index contributed by atoms with van der Waals surface area (Å²) in [4.78, 5) is 0. The van der Waals surface area contributed by atoms with Gasteiger partial charge in [0.15, 0.2) is 6.29 Å². The van der Waals surface area contributed by atoms with Gasteiger partial charge in [0.2, 0.25) is 0 Å². The van der Waals surface area contributed by atoms with E-state index >= 15 is 0 Å². The lowest BCUT2D eigenvalue weighted by molar-refractivity contribution is -0.0594. The first-order chi connectivity index (χ1) is 8.11. The van der Waals surface area contributed by atoms with Crippen LogP contribution in [0.3, 0.4) is 0 Å². The second-order valence-corrected chi connectivity index (χ2v) is 4.99. The summed E-state index contributed by atoms with van der Waals surface area (Å²) in [5.41, 5.74) is 1.41. The number of ether oxygens (including phenoxy) is 1. The molecule has 1 aliphatic heterocycles. The van der Waals surface area contributed by atoms with Crippen molar-refractivity contribution in [2.75, 3.05) is 0 Å². The fourth-order valence-electron chi connectivity index (χ4n) is 1.88. The summed E-state index contributed by atoms with van der Waals surface area (Å²) in [6, 6.07) is 9.66. The Morgan fingerprint density at radius 1 is 1.41 bits per heavy atom. The van der Waals surface area contributed by atoms with E-state index < -0.39 is 6.29 Å². The molecule has 0 amide bonds. The van der Waals surface area contributed by atoms with Gasteiger partial charge in [-0.2, -0.15) is 5.26 Å². The summed E-state index contributed by atoms with van der Waals surface area (Å²) in [5, 5.41) is 18.8. The predicted molar refractivity (Wildman–Crippen MR) is 67.5 cm³/mol. The Bertz CT molecular complexity index is 487. The van der Waals surface area contributed by atoms with Crippen LogP contribution < -0.4 is 0 Å². The summed E-state index contributed by atoms with van der Waals surface area (Å²) in [7, 11) is 0. The number of nitriles is 1. The summed E-state index contributed by atoms with van der Waals surface area (Å²) < 4.78 is 6.35. The lowest BCUT2D eigenvalue weighted by Gasteiger charge is -2.27. The van der Waals surface area contributed by atoms with Crippen molar-refractivity contribution in [2.45, 2.75) is 19.6 Å². The maximum absolute atomic E-state index is 9.60. The zero-order valence-corrected chi connectivity index (χ0v) is 10.9. The quantitative estimate of drug-likeness (QED) is 0.866. The second kappa shape index (κ2) is 4.91. The molecule has 0 fully saturated rings. The molecule has 1 unspecified atom stereocenters. The van der Waals surface area contributed by atoms with E-state index in [0.717, 1.165) is 10.0 Å². The third-order valence-electron chi connectivity index (χ3n) is 2.77. The van der Waals surface area contributed by atoms with Crippen LogP contribution in [0.1, 0.15) is 18.9 Å². The predicted octanol–water partition coefficient (Wildman–Crippen LogP) is 3.06. The zero-order valence-electron chi connectivity index (χ0n) is 9.35. The molecule has 0 saturated carbocycles. The molecule has 3 nitrogen and oxygen atoms in total. The van der Waals surface area contributed by atoms with Gasteiger partial charge in [0.25, 0.3) is 0 Å². The summed E-state index contributed by atoms with van der Waals surface area (Å²) >= 11 is 3.35. The van der Waals surface area contributed by atoms with Gasteiger partial charge in [-0.05, 0) is 12.1 Å². The lowest BCUT2D eigenvalue weighted by Crippen LogP contribution is -2.23. The van der Waals surface area contributed by atoms with Crippen molar-refractivity contribution >= 4 is 21.7 Å². The molecule has 1 aromatic carbocycles. The van der Waals surface area contributed by atoms with E-state index in [4.69, 9.17) is 10.00 Å². The molecule has 17 heavy (non-hydrogen) atoms. The molecule has 2 atom stereocenters. The number of rotatable bonds is 1. The molecule has 4 heteroatoms. The molecule has 1 N–H and O–H groups in total. The Hall–Kier alpha value is -1.31. The van der Waals surface area contributed by atoms with E-state index in [2.05, 4.69) is 22.0 Å². The first-order valence-corrected chi connectivity index (χ1v) is 6.16. The van der Waals surface area contributed by atoms with E-state index in [-0.39, 0.29) is 5.92 Å². The van der Waals surface area contributed by atoms with Crippen LogP contribution >= 0.6 is 15.9 Å². The fourth-order valence-corrected chi connectivity index (χ4v) is 2.14. The molecule has 1 aliphatic rings. The zero-order chi connectivity index (χ0) is 12.4. The Labute approximate surface area is 108 Å². The Morgan fingerprint density at radius 3 is 2.65 bits per heavy atom. The van der Waals surface area contributed by atoms with Crippen LogP contribution in [0.15, 0.2) is 34.3 Å². The van der Waals surface area contributed by atoms with Crippen molar-refractivity contribution < 1.29 is 9.84 Å². The molecule has 1 aromatic rings. The third-order valence-corrected chi connectivity index (χ3v) is 3.30. The first kappa shape index (κ1) is 12.2. The summed E-state index contributed by atoms with van der Waals surface area (Å²) in [6.45, 7) is 1.92. The minimum absolute atomic E-state index is 0.0161. The van der Waals surface area contributed by atoms with E-state index in [1.54, 1.807) is 0 Å². The van der Waals surface area contributed by atoms with Crippen LogP contribution in [-0.2, 0) is 4.74 Å². The topological polar surface area (TPSA) is 53.2 Å². The average molecular weight is 294 g/mol. The van der Waals surface area contributed by atoms with Gasteiger partial charge < -0.3 is 9.84 Å². The minimum atomic E-state index is -0.833. The van der Waals surface area contributed by atoms with Crippen molar-refractivity contribution in [1.82, 2.24) is 0 Å². The van der Waals surface area contributed by atoms with Crippen LogP contribution in [0.4, 0.5) is 0 Å². The molecule has 0 saturated heterocycles. The number of benzene rings is 1. The van der Waals surface area contributed by atoms with E-state index in [1.807, 2.05) is 31.2 Å². The SMILES string of the molecule is C[C@@H]1CC(O)OC(c2ccc(Br)cc2)=C1C#N. The van der Waals surface area contributed by atoms with Gasteiger partial charge in [-0.25, -0.2) is 0 Å². The van der Waals surface area contributed by atoms with E-state index in [0.29, 0.717) is 17.8 Å². The Kier molecular flexibility index (Phi) is 3.51. The maximum Gasteiger partial charge on any atom is 0.198 e. The van der Waals surface area contributed by atoms with Gasteiger partial charge in [-0.1, -0.05) is 35.0 Å². The number of hydrogen-bond acceptors (Lipinski definition) is 3. The molecule has 1 heterocycles. The van der Waals surface area contributed by atoms with Crippen LogP contribution in [0.2, 0.25) is 0 Å². The molecule has 0 aliphatic carbocycles. The van der Waals surface area contributed by atoms with Crippen molar-refractivity contribution in [2.24, 2.45) is 5.92 Å². The average Bonchev–Trinajstić information content (AvgIpc) is 2.29. The highest BCUT2D eigenvalue weighted by Gasteiger charge is 2.27. The fraction of sp³-hybridized carbons (Fsp3) is 0.308. The second-order valence-electron chi connectivity index (χ2n) is 4.07. The summed E-state index contributed by atoms with van der Waals surface area (Å²) in [5.74, 6) is 0.508. The molecule has 88 valence electrons. The smallest absolute Gasteiger partial charge is 0.198 e. The molecule has 2 rings (SSSR count). The highest BCUT2D eigenvalue weighted by molar-refractivity contribution is 9.10. The third kappa shape index (κ3) is 2.51. The van der Waals surface area contributed by atoms with Gasteiger partial charge in [-0.3, -0.25) is 0 Å². The molecule has 0 bridgehead atoms. The van der Waals surface area contributed by atoms with Gasteiger partial charge in [0.05, 0.1) is 11.6 Å². The number of nitrogens with zero attached hydrogens (tertiary/aromatic N) is 1. The monoisotopic (exact) mass is 293 g/mol. The minimum Gasteiger partial charge on any atom is -0.463 e. The van der Waals surface area contributed by atoms with Crippen LogP contribution in [0, 0.1) is 17.2 Å². The van der Waals surface area contributed by atoms with Crippen molar-refractivity contribution in [3.05, 3.63) is 39.9 Å². The molecular weight excluding hydrogens is 282 g/mol. The van der Waals surface area contributed by atoms with Crippen molar-refractivity contribution in [3.8, 4) is 6.07 Å². The van der Waals surface area contributed by atoms with Gasteiger partial charge in [-0.15, -0.1) is 0 Å². The molecule has 0 radical (unpaired) electrons. The largest absolute Gasteiger partial charge is 0.463 e. The van der Waals surface area contributed by atoms with Gasteiger partial charge in [0, 0.05) is 22.4 Å². The number of halogens is 1. The summed E-state index contributed by atoms with van der Waals surface area (Å²) in [6.07, 6.45) is -0.371. The van der Waals surface area contributed by atoms with E-state index in [9.17, 15) is 5.11 Å². The highest BCUT2D eigenvalue weighted by Crippen LogP contribution is 2.33. The number of hydrogen-bond donors (Lipinski definition) is 1. The normalized spacial score (nSPS) is 24.1. The van der Waals surface area contributed by atoms with Crippen molar-refractivity contribution in [3.63, 3.8) is 0 Å². The van der Waals surface area contributed by atoms with Gasteiger partial charge in [0.1, 0.15) is 5.76 Å². The highest BCUT2D eigenvalue weighted by atomic mass is 79.9. The van der Waals surface area contributed by atoms with Gasteiger partial charge >= 0.3 is 0 Å². The van der Waals surface area contributed by atoms with Crippen LogP contribution in [0.5, 0.6) is 0 Å². The van der Waals surface area contributed by atoms with Crippen LogP contribution in [0.25, 0.3) is 5.76 Å². The Balaban J connectivity index is 2.47. The lowest BCUT2D eigenvalue weighted by atomic mass is 9.92. The van der Waals surface area contributed by atoms with E-state index in [1.165, 1.54) is 0 Å². The number of allylic oxidation sites excluding steroid dienone is 1. The molecule has 0 spiro atoms. The maximum atomic E-state index is 9.60. The number of aliphatic hydroxyl groups is 1. The Morgan fingerprint density at radius 2 is 2.06 bits per heavy atom. The molecular formula is C13H12BrNO2. The van der Waals surface area contributed by atoms with Crippen LogP contribution in [-0.4, -0.2) is 11.4 Å².